The maximum absolute atomic E-state index is 10.9. The molecule has 0 aliphatic heterocycles. The van der Waals surface area contributed by atoms with Crippen molar-refractivity contribution in [3.8, 4) is 0 Å². The first-order valence-electron chi connectivity index (χ1n) is 4.31. The van der Waals surface area contributed by atoms with E-state index in [0.29, 0.717) is 6.21 Å². The molecular formula is C7H13NO8P2. The molecule has 6 N–H and O–H groups in total. The fourth-order valence-electron chi connectivity index (χ4n) is 0.779. The Hall–Kier alpha value is -0.790. The van der Waals surface area contributed by atoms with Crippen LogP contribution in [0, 0.1) is 0 Å². The summed E-state index contributed by atoms with van der Waals surface area (Å²) in [7, 11) is -11.1. The van der Waals surface area contributed by atoms with Gasteiger partial charge in [0, 0.05) is 0 Å². The topological polar surface area (TPSA) is 168 Å². The van der Waals surface area contributed by atoms with Gasteiger partial charge in [0.2, 0.25) is 0 Å². The third-order valence-electron chi connectivity index (χ3n) is 1.75. The van der Waals surface area contributed by atoms with E-state index in [0.717, 1.165) is 6.08 Å². The predicted octanol–water partition coefficient (Wildman–Crippen LogP) is -0.313. The van der Waals surface area contributed by atoms with Crippen molar-refractivity contribution in [2.75, 3.05) is 6.54 Å². The van der Waals surface area contributed by atoms with Gasteiger partial charge >= 0.3 is 15.2 Å². The van der Waals surface area contributed by atoms with Crippen LogP contribution in [0.25, 0.3) is 0 Å². The van der Waals surface area contributed by atoms with Crippen LogP contribution in [0.2, 0.25) is 0 Å². The van der Waals surface area contributed by atoms with Gasteiger partial charge in [0.05, 0.1) is 12.8 Å². The van der Waals surface area contributed by atoms with E-state index in [9.17, 15) is 14.2 Å². The van der Waals surface area contributed by atoms with Crippen LogP contribution < -0.4 is 0 Å². The Labute approximate surface area is 102 Å². The molecule has 0 rings (SSSR count). The Balaban J connectivity index is 5.22. The minimum absolute atomic E-state index is 0.469. The van der Waals surface area contributed by atoms with Crippen LogP contribution in [-0.4, -0.2) is 47.6 Å². The highest BCUT2D eigenvalue weighted by molar-refractivity contribution is 7.72. The summed E-state index contributed by atoms with van der Waals surface area (Å²) in [4.78, 5) is 38.1. The van der Waals surface area contributed by atoms with Crippen LogP contribution in [0.1, 0.15) is 0 Å². The summed E-state index contributed by atoms with van der Waals surface area (Å²) < 4.78 is 21.8. The highest BCUT2D eigenvalue weighted by Crippen LogP contribution is 2.67. The van der Waals surface area contributed by atoms with Crippen LogP contribution in [0.5, 0.6) is 0 Å². The van der Waals surface area contributed by atoms with Crippen LogP contribution in [0.15, 0.2) is 29.5 Å². The average Bonchev–Trinajstić information content (AvgIpc) is 2.14. The van der Waals surface area contributed by atoms with Gasteiger partial charge < -0.3 is 29.8 Å². The lowest BCUT2D eigenvalue weighted by atomic mass is 10.4. The van der Waals surface area contributed by atoms with Crippen molar-refractivity contribution in [2.24, 2.45) is 4.99 Å². The van der Waals surface area contributed by atoms with Gasteiger partial charge in [0.25, 0.3) is 5.08 Å². The molecule has 0 saturated carbocycles. The minimum Gasteiger partial charge on any atom is -0.506 e. The summed E-state index contributed by atoms with van der Waals surface area (Å²) >= 11 is 0. The second-order valence-corrected chi connectivity index (χ2v) is 7.17. The number of allylic oxidation sites excluding steroid dienone is 3. The molecule has 0 fully saturated rings. The Morgan fingerprint density at radius 1 is 1.22 bits per heavy atom. The summed E-state index contributed by atoms with van der Waals surface area (Å²) in [5, 5.41) is 14.8. The van der Waals surface area contributed by atoms with Crippen LogP contribution >= 0.6 is 15.2 Å². The van der Waals surface area contributed by atoms with Crippen LogP contribution in [-0.2, 0) is 9.13 Å². The van der Waals surface area contributed by atoms with Crippen molar-refractivity contribution in [3.63, 3.8) is 0 Å². The molecule has 0 amide bonds. The molecule has 0 aliphatic carbocycles. The Morgan fingerprint density at radius 3 is 2.00 bits per heavy atom. The lowest BCUT2D eigenvalue weighted by Crippen LogP contribution is -2.32. The highest BCUT2D eigenvalue weighted by Gasteiger charge is 2.59. The Kier molecular flexibility index (Phi) is 5.64. The van der Waals surface area contributed by atoms with Gasteiger partial charge in [0.15, 0.2) is 0 Å². The normalized spacial score (nSPS) is 15.1. The minimum atomic E-state index is -5.53. The molecule has 0 aromatic heterocycles. The van der Waals surface area contributed by atoms with Gasteiger partial charge in [0.1, 0.15) is 5.76 Å². The van der Waals surface area contributed by atoms with Gasteiger partial charge in [-0.3, -0.25) is 14.1 Å². The van der Waals surface area contributed by atoms with Crippen molar-refractivity contribution < 1.29 is 38.9 Å². The van der Waals surface area contributed by atoms with Crippen molar-refractivity contribution in [3.05, 3.63) is 24.5 Å². The number of hydrogen-bond donors (Lipinski definition) is 6. The molecule has 104 valence electrons. The second kappa shape index (κ2) is 5.90. The first-order valence-corrected chi connectivity index (χ1v) is 7.53. The molecule has 0 atom stereocenters. The van der Waals surface area contributed by atoms with Gasteiger partial charge in [-0.1, -0.05) is 12.7 Å². The van der Waals surface area contributed by atoms with Crippen molar-refractivity contribution in [1.82, 2.24) is 0 Å². The molecule has 0 spiro atoms. The predicted molar refractivity (Wildman–Crippen MR) is 63.3 cm³/mol. The largest absolute Gasteiger partial charge is 0.506 e. The molecule has 0 unspecified atom stereocenters. The van der Waals surface area contributed by atoms with Crippen molar-refractivity contribution in [2.45, 2.75) is 5.08 Å². The number of aliphatic imine (C=N–C) groups is 1. The Morgan fingerprint density at radius 2 is 1.67 bits per heavy atom. The molecule has 0 saturated heterocycles. The number of aliphatic hydroxyl groups is 2. The Bertz CT molecular complexity index is 436. The smallest absolute Gasteiger partial charge is 0.371 e. The second-order valence-electron chi connectivity index (χ2n) is 3.16. The molecule has 0 aliphatic rings. The van der Waals surface area contributed by atoms with E-state index < -0.39 is 32.6 Å². The summed E-state index contributed by atoms with van der Waals surface area (Å²) in [6.45, 7) is 1.96. The van der Waals surface area contributed by atoms with E-state index in [1.807, 2.05) is 0 Å². The average molecular weight is 301 g/mol. The highest BCUT2D eigenvalue weighted by atomic mass is 31.2. The third-order valence-corrected chi connectivity index (χ3v) is 5.46. The van der Waals surface area contributed by atoms with Crippen molar-refractivity contribution >= 4 is 21.4 Å². The molecule has 0 radical (unpaired) electrons. The lowest BCUT2D eigenvalue weighted by molar-refractivity contribution is 0.138. The number of nitrogens with zero attached hydrogens (tertiary/aromatic N) is 1. The maximum Gasteiger partial charge on any atom is 0.371 e. The molecule has 0 bridgehead atoms. The van der Waals surface area contributed by atoms with E-state index in [2.05, 4.69) is 11.6 Å². The zero-order valence-corrected chi connectivity index (χ0v) is 10.8. The monoisotopic (exact) mass is 301 g/mol. The van der Waals surface area contributed by atoms with Gasteiger partial charge in [-0.15, -0.1) is 0 Å². The van der Waals surface area contributed by atoms with Crippen LogP contribution in [0.4, 0.5) is 0 Å². The quantitative estimate of drug-likeness (QED) is 0.168. The van der Waals surface area contributed by atoms with E-state index >= 15 is 0 Å². The van der Waals surface area contributed by atoms with Gasteiger partial charge in [-0.2, -0.15) is 0 Å². The van der Waals surface area contributed by atoms with Crippen LogP contribution in [0.3, 0.4) is 0 Å². The van der Waals surface area contributed by atoms with Gasteiger partial charge in [-0.25, -0.2) is 0 Å². The zero-order valence-electron chi connectivity index (χ0n) is 8.99. The fourth-order valence-corrected chi connectivity index (χ4v) is 2.67. The number of hydrogen-bond acceptors (Lipinski definition) is 5. The lowest BCUT2D eigenvalue weighted by Gasteiger charge is -2.27. The first kappa shape index (κ1) is 17.2. The summed E-state index contributed by atoms with van der Waals surface area (Å²) in [5.74, 6) is -0.469. The summed E-state index contributed by atoms with van der Waals surface area (Å²) in [6.07, 6.45) is 2.91. The maximum atomic E-state index is 10.9. The molecule has 18 heavy (non-hydrogen) atoms. The summed E-state index contributed by atoms with van der Waals surface area (Å²) in [5.41, 5.74) is 0. The number of rotatable bonds is 6. The molecule has 0 aromatic rings. The van der Waals surface area contributed by atoms with E-state index in [4.69, 9.17) is 24.7 Å². The number of aliphatic hydroxyl groups excluding tert-OH is 1. The summed E-state index contributed by atoms with van der Waals surface area (Å²) in [6, 6.07) is 0. The molecule has 9 nitrogen and oxygen atoms in total. The van der Waals surface area contributed by atoms with Crippen molar-refractivity contribution in [1.29, 1.82) is 0 Å². The molecule has 11 heteroatoms. The molecular weight excluding hydrogens is 288 g/mol. The SMILES string of the molecule is C=C/C=C(/O)C=NCC(O)(P(=O)(O)O)P(=O)(O)O. The first-order chi connectivity index (χ1) is 7.95. The van der Waals surface area contributed by atoms with Gasteiger partial charge in [-0.05, 0) is 6.08 Å². The van der Waals surface area contributed by atoms with E-state index in [1.54, 1.807) is 0 Å². The standard InChI is InChI=1S/C7H13NO8P2/c1-2-3-6(9)4-8-5-7(10,17(11,12)13)18(14,15)16/h2-4,9-10H,1,5H2,(H2,11,12,13)(H2,14,15,16)/b6-3+,8-4?. The molecule has 0 aromatic carbocycles. The van der Waals surface area contributed by atoms with E-state index in [-0.39, 0.29) is 0 Å². The van der Waals surface area contributed by atoms with E-state index in [1.165, 1.54) is 6.08 Å². The fraction of sp³-hybridized carbons (Fsp3) is 0.286. The molecule has 0 heterocycles. The third kappa shape index (κ3) is 4.15. The zero-order chi connectivity index (χ0) is 14.6.